The van der Waals surface area contributed by atoms with Gasteiger partial charge in [0.1, 0.15) is 0 Å². The second-order valence-corrected chi connectivity index (χ2v) is 82.1. The van der Waals surface area contributed by atoms with Crippen LogP contribution in [-0.4, -0.2) is 143 Å². The van der Waals surface area contributed by atoms with Crippen LogP contribution in [0.15, 0.2) is 124 Å². The van der Waals surface area contributed by atoms with Crippen molar-refractivity contribution in [2.45, 2.75) is 177 Å². The molecule has 0 amide bonds. The molecule has 2 heterocycles. The van der Waals surface area contributed by atoms with Gasteiger partial charge in [-0.1, -0.05) is 58.8 Å². The van der Waals surface area contributed by atoms with Gasteiger partial charge in [0.2, 0.25) is 8.32 Å². The van der Waals surface area contributed by atoms with Crippen molar-refractivity contribution < 1.29 is 66.8 Å². The van der Waals surface area contributed by atoms with E-state index in [-0.39, 0.29) is 0 Å². The molecule has 0 saturated carbocycles. The number of hydrogen-bond acceptors (Lipinski definition) is 16. The Kier molecular flexibility index (Phi) is 33.9. The Bertz CT molecular complexity index is 1910. The van der Waals surface area contributed by atoms with E-state index in [1.165, 1.54) is 12.5 Å². The Morgan fingerprint density at radius 3 is 0.725 bits per heavy atom. The summed E-state index contributed by atoms with van der Waals surface area (Å²) in [7, 11) is -33.4. The minimum atomic E-state index is -2.60. The van der Waals surface area contributed by atoms with Gasteiger partial charge in [-0.3, -0.25) is 0 Å². The number of rotatable bonds is 23. The van der Waals surface area contributed by atoms with Crippen LogP contribution in [0.2, 0.25) is 177 Å². The number of hydrogen-bond donors (Lipinski definition) is 0. The van der Waals surface area contributed by atoms with E-state index in [4.69, 9.17) is 66.8 Å². The van der Waals surface area contributed by atoms with Gasteiger partial charge in [0, 0.05) is 7.11 Å². The molecule has 2 saturated heterocycles. The third kappa shape index (κ3) is 36.1. The smallest absolute Gasteiger partial charge is 0.383 e. The summed E-state index contributed by atoms with van der Waals surface area (Å²) in [5, 5.41) is 0. The summed E-state index contributed by atoms with van der Waals surface area (Å²) in [5.41, 5.74) is 14.4. The van der Waals surface area contributed by atoms with Crippen LogP contribution >= 0.6 is 0 Å². The highest BCUT2D eigenvalue weighted by atomic mass is 28.5. The molecule has 16 nitrogen and oxygen atoms in total. The van der Waals surface area contributed by atoms with E-state index in [1.54, 1.807) is 35.6 Å². The zero-order valence-corrected chi connectivity index (χ0v) is 71.4. The van der Waals surface area contributed by atoms with Crippen molar-refractivity contribution in [2.24, 2.45) is 0 Å². The van der Waals surface area contributed by atoms with Gasteiger partial charge >= 0.3 is 111 Å². The highest BCUT2D eigenvalue weighted by Crippen LogP contribution is 2.34. The SMILES string of the molecule is C=CO[Si](C)(C)O[Si](C)(C)C=C.C=CO[Si](C)(C)O[Si](C)(C=C)O[Si](C)(C)O[Si](C)(C)C=C.C=C[Si](C)(OC)O[Si](C)(C)C.C=C[Si]1(C)O[Si](C)(C=C)O[Si](C)(C=C)O[Si](C)(C=C)O1.C[Si]1(C)O[Si](C)(C)O[Si](C)(C)O[Si](C)(C)O1. The molecule has 466 valence electrons. The maximum Gasteiger partial charge on any atom is 0.383 e. The van der Waals surface area contributed by atoms with Gasteiger partial charge in [0.25, 0.3) is 0 Å². The summed E-state index contributed by atoms with van der Waals surface area (Å²) in [5.74, 6) is 0. The molecule has 0 bridgehead atoms. The molecule has 2 aliphatic rings. The first kappa shape index (κ1) is 84.1. The Balaban J connectivity index is -0.000000946. The van der Waals surface area contributed by atoms with Gasteiger partial charge in [0.05, 0.1) is 12.5 Å². The Hall–Kier alpha value is -0.0899. The van der Waals surface area contributed by atoms with Crippen molar-refractivity contribution in [3.05, 3.63) is 124 Å². The zero-order chi connectivity index (χ0) is 64.4. The van der Waals surface area contributed by atoms with Crippen molar-refractivity contribution in [1.82, 2.24) is 0 Å². The third-order valence-electron chi connectivity index (χ3n) is 10.4. The molecule has 2 atom stereocenters. The average Bonchev–Trinajstić information content (AvgIpc) is 3.22. The van der Waals surface area contributed by atoms with Gasteiger partial charge in [0.15, 0.2) is 16.6 Å². The summed E-state index contributed by atoms with van der Waals surface area (Å²) in [6.07, 6.45) is 2.89. The highest BCUT2D eigenvalue weighted by molar-refractivity contribution is 6.99. The lowest BCUT2D eigenvalue weighted by Crippen LogP contribution is -2.65. The van der Waals surface area contributed by atoms with Crippen LogP contribution in [0.3, 0.4) is 0 Å². The lowest BCUT2D eigenvalue weighted by atomic mass is 11.2. The van der Waals surface area contributed by atoms with E-state index in [1.807, 2.05) is 95.7 Å². The predicted molar refractivity (Wildman–Crippen MR) is 376 cm³/mol. The molecule has 32 heteroatoms. The van der Waals surface area contributed by atoms with Crippen molar-refractivity contribution in [1.29, 1.82) is 0 Å². The van der Waals surface area contributed by atoms with E-state index in [9.17, 15) is 0 Å². The Labute approximate surface area is 506 Å². The normalized spacial score (nSPS) is 26.2. The van der Waals surface area contributed by atoms with Gasteiger partial charge < -0.3 is 66.8 Å². The van der Waals surface area contributed by atoms with E-state index in [0.717, 1.165) is 0 Å². The molecular formula is C48H114O16Si16. The first-order valence-electron chi connectivity index (χ1n) is 26.7. The standard InChI is InChI=1S/C13H30O4Si4.C12H24O4Si4.C8H24O4Si4.C8H18O2Si2.C7H18O2Si2/c1-11-14-19(6,7)16-21(10,13-3)17-20(8,9)15-18(4,5)12-2;1-9-17(5)13-18(6,10-2)15-20(8,12-4)16-19(7,11-3)14-17;1-13(2)9-14(3,4)11-16(7,8)12-15(5,6)10-13;1-7-9-12(5,6)10-11(3,4)8-2;1-7-11(6,8-2)9-10(3,4)5/h11-13H,1-3H2,4-10H3;9-12H,1-4H2,5-8H3;1-8H3;7-8H,1-2H2,3-6H3;7H,1H2,2-6H3. The van der Waals surface area contributed by atoms with Crippen LogP contribution in [0.4, 0.5) is 0 Å². The van der Waals surface area contributed by atoms with Crippen molar-refractivity contribution >= 4 is 136 Å². The minimum absolute atomic E-state index is 1.43. The third-order valence-corrected chi connectivity index (χ3v) is 67.1. The quantitative estimate of drug-likeness (QED) is 0.0705. The van der Waals surface area contributed by atoms with Gasteiger partial charge in [-0.15, -0.1) is 52.6 Å². The van der Waals surface area contributed by atoms with E-state index in [2.05, 4.69) is 164 Å². The lowest BCUT2D eigenvalue weighted by molar-refractivity contribution is 0.238. The summed E-state index contributed by atoms with van der Waals surface area (Å²) < 4.78 is 96.3. The fourth-order valence-electron chi connectivity index (χ4n) is 8.15. The molecule has 80 heavy (non-hydrogen) atoms. The van der Waals surface area contributed by atoms with Gasteiger partial charge in [-0.25, -0.2) is 0 Å². The lowest BCUT2D eigenvalue weighted by Gasteiger charge is -2.46. The van der Waals surface area contributed by atoms with Gasteiger partial charge in [-0.2, -0.15) is 0 Å². The van der Waals surface area contributed by atoms with Crippen molar-refractivity contribution in [2.75, 3.05) is 7.11 Å². The van der Waals surface area contributed by atoms with E-state index in [0.29, 0.717) is 0 Å². The van der Waals surface area contributed by atoms with Crippen LogP contribution in [0.5, 0.6) is 0 Å². The van der Waals surface area contributed by atoms with Crippen LogP contribution in [0.25, 0.3) is 0 Å². The van der Waals surface area contributed by atoms with E-state index < -0.39 is 136 Å². The van der Waals surface area contributed by atoms with Crippen LogP contribution in [-0.2, 0) is 66.8 Å². The molecule has 0 spiro atoms. The van der Waals surface area contributed by atoms with Crippen molar-refractivity contribution in [3.63, 3.8) is 0 Å². The molecule has 0 N–H and O–H groups in total. The van der Waals surface area contributed by atoms with Crippen LogP contribution < -0.4 is 0 Å². The molecule has 0 aromatic heterocycles. The maximum atomic E-state index is 6.32. The molecule has 2 unspecified atom stereocenters. The summed E-state index contributed by atoms with van der Waals surface area (Å²) in [6, 6.07) is 0. The fourth-order valence-corrected chi connectivity index (χ4v) is 74.2. The summed E-state index contributed by atoms with van der Waals surface area (Å²) >= 11 is 0. The Morgan fingerprint density at radius 1 is 0.300 bits per heavy atom. The molecule has 2 fully saturated rings. The molecule has 2 aliphatic heterocycles. The monoisotopic (exact) mass is 1390 g/mol. The molecular weight excluding hydrogens is 1280 g/mol. The molecule has 0 aromatic rings. The molecule has 0 aromatic carbocycles. The van der Waals surface area contributed by atoms with Crippen LogP contribution in [0.1, 0.15) is 0 Å². The largest absolute Gasteiger partial charge is 0.528 e. The average molecular weight is 1400 g/mol. The molecule has 0 radical (unpaired) electrons. The highest BCUT2D eigenvalue weighted by Gasteiger charge is 2.55. The summed E-state index contributed by atoms with van der Waals surface area (Å²) in [6.45, 7) is 92.9. The first-order chi connectivity index (χ1) is 35.4. The summed E-state index contributed by atoms with van der Waals surface area (Å²) in [4.78, 5) is 0. The maximum absolute atomic E-state index is 6.32. The minimum Gasteiger partial charge on any atom is -0.528 e. The van der Waals surface area contributed by atoms with E-state index >= 15 is 0 Å². The first-order valence-corrected chi connectivity index (χ1v) is 70.1. The van der Waals surface area contributed by atoms with Crippen molar-refractivity contribution in [3.8, 4) is 0 Å². The Morgan fingerprint density at radius 2 is 0.537 bits per heavy atom. The predicted octanol–water partition coefficient (Wildman–Crippen LogP) is 15.5. The van der Waals surface area contributed by atoms with Crippen LogP contribution in [0, 0.1) is 0 Å². The molecule has 0 aliphatic carbocycles. The molecule has 2 rings (SSSR count). The topological polar surface area (TPSA) is 148 Å². The second-order valence-electron chi connectivity index (χ2n) is 24.9. The fraction of sp³-hybridized carbons (Fsp3) is 0.583. The van der Waals surface area contributed by atoms with Gasteiger partial charge in [-0.05, 0) is 177 Å². The second kappa shape index (κ2) is 32.2. The zero-order valence-electron chi connectivity index (χ0n) is 55.4.